The van der Waals surface area contributed by atoms with Crippen LogP contribution in [0.25, 0.3) is 0 Å². The van der Waals surface area contributed by atoms with Gasteiger partial charge >= 0.3 is 0 Å². The highest BCUT2D eigenvalue weighted by atomic mass is 16.1. The Morgan fingerprint density at radius 3 is 2.86 bits per heavy atom. The predicted molar refractivity (Wildman–Crippen MR) is 86.6 cm³/mol. The molecule has 1 N–H and O–H groups in total. The van der Waals surface area contributed by atoms with Gasteiger partial charge in [0.05, 0.1) is 0 Å². The summed E-state index contributed by atoms with van der Waals surface area (Å²) in [5.41, 5.74) is 2.57. The van der Waals surface area contributed by atoms with Crippen molar-refractivity contribution in [1.82, 2.24) is 14.9 Å². The average Bonchev–Trinajstić information content (AvgIpc) is 3.01. The maximum Gasteiger partial charge on any atom is 0.220 e. The van der Waals surface area contributed by atoms with Crippen LogP contribution >= 0.6 is 0 Å². The summed E-state index contributed by atoms with van der Waals surface area (Å²) in [6.07, 6.45) is 8.07. The van der Waals surface area contributed by atoms with Crippen LogP contribution in [0.4, 0.5) is 0 Å². The van der Waals surface area contributed by atoms with E-state index in [1.807, 2.05) is 12.4 Å². The molecular weight excluding hydrogens is 274 g/mol. The molecule has 4 heteroatoms. The fraction of sp³-hybridized carbons (Fsp3) is 0.444. The van der Waals surface area contributed by atoms with Crippen LogP contribution < -0.4 is 5.32 Å². The molecule has 0 spiro atoms. The SMILES string of the molecule is CCc1ccc(CCC(=O)NC2CCn3ccnc3C2)cc1. The van der Waals surface area contributed by atoms with E-state index in [9.17, 15) is 4.79 Å². The first kappa shape index (κ1) is 14.8. The number of nitrogens with zero attached hydrogens (tertiary/aromatic N) is 2. The Morgan fingerprint density at radius 2 is 2.09 bits per heavy atom. The predicted octanol–water partition coefficient (Wildman–Crippen LogP) is 2.51. The van der Waals surface area contributed by atoms with Crippen LogP contribution in [0, 0.1) is 0 Å². The Hall–Kier alpha value is -2.10. The minimum absolute atomic E-state index is 0.143. The quantitative estimate of drug-likeness (QED) is 0.922. The van der Waals surface area contributed by atoms with Gasteiger partial charge in [0.1, 0.15) is 5.82 Å². The monoisotopic (exact) mass is 297 g/mol. The Bertz CT molecular complexity index is 630. The van der Waals surface area contributed by atoms with Crippen LogP contribution in [0.5, 0.6) is 0 Å². The summed E-state index contributed by atoms with van der Waals surface area (Å²) < 4.78 is 2.16. The van der Waals surface area contributed by atoms with Crippen LogP contribution in [0.15, 0.2) is 36.7 Å². The Morgan fingerprint density at radius 1 is 1.32 bits per heavy atom. The van der Waals surface area contributed by atoms with Gasteiger partial charge in [-0.3, -0.25) is 4.79 Å². The van der Waals surface area contributed by atoms with E-state index in [0.717, 1.165) is 38.1 Å². The van der Waals surface area contributed by atoms with Crippen molar-refractivity contribution in [2.45, 2.75) is 51.6 Å². The third-order valence-electron chi connectivity index (χ3n) is 4.39. The smallest absolute Gasteiger partial charge is 0.220 e. The Balaban J connectivity index is 1.46. The highest BCUT2D eigenvalue weighted by Gasteiger charge is 2.20. The lowest BCUT2D eigenvalue weighted by Gasteiger charge is -2.24. The van der Waals surface area contributed by atoms with Crippen LogP contribution in [0.3, 0.4) is 0 Å². The molecule has 2 heterocycles. The molecule has 0 saturated carbocycles. The van der Waals surface area contributed by atoms with Gasteiger partial charge in [-0.2, -0.15) is 0 Å². The van der Waals surface area contributed by atoms with Gasteiger partial charge in [0.25, 0.3) is 0 Å². The van der Waals surface area contributed by atoms with Crippen molar-refractivity contribution in [3.8, 4) is 0 Å². The summed E-state index contributed by atoms with van der Waals surface area (Å²) in [6.45, 7) is 3.09. The first-order valence-electron chi connectivity index (χ1n) is 8.12. The molecule has 0 fully saturated rings. The molecule has 4 nitrogen and oxygen atoms in total. The maximum atomic E-state index is 12.1. The Labute approximate surface area is 131 Å². The van der Waals surface area contributed by atoms with E-state index >= 15 is 0 Å². The lowest BCUT2D eigenvalue weighted by Crippen LogP contribution is -2.40. The number of imidazole rings is 1. The number of benzene rings is 1. The highest BCUT2D eigenvalue weighted by Crippen LogP contribution is 2.13. The summed E-state index contributed by atoms with van der Waals surface area (Å²) in [4.78, 5) is 16.5. The third kappa shape index (κ3) is 3.56. The molecule has 0 aliphatic carbocycles. The van der Waals surface area contributed by atoms with E-state index in [1.54, 1.807) is 0 Å². The van der Waals surface area contributed by atoms with Crippen LogP contribution in [-0.4, -0.2) is 21.5 Å². The number of carbonyl (C=O) groups excluding carboxylic acids is 1. The normalized spacial score (nSPS) is 17.0. The van der Waals surface area contributed by atoms with Crippen molar-refractivity contribution in [1.29, 1.82) is 0 Å². The molecular formula is C18H23N3O. The van der Waals surface area contributed by atoms with Gasteiger partial charge in [-0.05, 0) is 30.4 Å². The molecule has 22 heavy (non-hydrogen) atoms. The van der Waals surface area contributed by atoms with Crippen LogP contribution in [-0.2, 0) is 30.6 Å². The number of aromatic nitrogens is 2. The van der Waals surface area contributed by atoms with E-state index in [4.69, 9.17) is 0 Å². The van der Waals surface area contributed by atoms with E-state index in [2.05, 4.69) is 46.1 Å². The number of aryl methyl sites for hydroxylation is 3. The van der Waals surface area contributed by atoms with Gasteiger partial charge in [-0.25, -0.2) is 4.98 Å². The molecule has 3 rings (SSSR count). The molecule has 116 valence electrons. The fourth-order valence-corrected chi connectivity index (χ4v) is 2.97. The first-order valence-corrected chi connectivity index (χ1v) is 8.12. The number of carbonyl (C=O) groups is 1. The van der Waals surface area contributed by atoms with E-state index in [0.29, 0.717) is 6.42 Å². The lowest BCUT2D eigenvalue weighted by molar-refractivity contribution is -0.121. The van der Waals surface area contributed by atoms with Crippen molar-refractivity contribution in [3.05, 3.63) is 53.6 Å². The molecule has 1 aliphatic heterocycles. The van der Waals surface area contributed by atoms with Gasteiger partial charge in [0.15, 0.2) is 0 Å². The third-order valence-corrected chi connectivity index (χ3v) is 4.39. The molecule has 0 saturated heterocycles. The van der Waals surface area contributed by atoms with E-state index in [-0.39, 0.29) is 11.9 Å². The zero-order valence-electron chi connectivity index (χ0n) is 13.1. The summed E-state index contributed by atoms with van der Waals surface area (Å²) in [7, 11) is 0. The fourth-order valence-electron chi connectivity index (χ4n) is 2.97. The van der Waals surface area contributed by atoms with Crippen molar-refractivity contribution in [2.24, 2.45) is 0 Å². The molecule has 0 bridgehead atoms. The average molecular weight is 297 g/mol. The van der Waals surface area contributed by atoms with Crippen molar-refractivity contribution < 1.29 is 4.79 Å². The lowest BCUT2D eigenvalue weighted by atomic mass is 10.0. The zero-order chi connectivity index (χ0) is 15.4. The number of nitrogens with one attached hydrogen (secondary N) is 1. The van der Waals surface area contributed by atoms with Gasteiger partial charge in [0, 0.05) is 37.8 Å². The van der Waals surface area contributed by atoms with Gasteiger partial charge in [-0.15, -0.1) is 0 Å². The largest absolute Gasteiger partial charge is 0.353 e. The maximum absolute atomic E-state index is 12.1. The Kier molecular flexibility index (Phi) is 4.56. The number of fused-ring (bicyclic) bond motifs is 1. The topological polar surface area (TPSA) is 46.9 Å². The summed E-state index contributed by atoms with van der Waals surface area (Å²) >= 11 is 0. The molecule has 1 amide bonds. The second-order valence-electron chi connectivity index (χ2n) is 5.96. The summed E-state index contributed by atoms with van der Waals surface area (Å²) in [5, 5.41) is 3.15. The van der Waals surface area contributed by atoms with Crippen molar-refractivity contribution in [2.75, 3.05) is 0 Å². The standard InChI is InChI=1S/C18H23N3O/c1-2-14-3-5-15(6-4-14)7-8-18(22)20-16-9-11-21-12-10-19-17(21)13-16/h3-6,10,12,16H,2,7-9,11,13H2,1H3,(H,20,22). The van der Waals surface area contributed by atoms with Crippen molar-refractivity contribution >= 4 is 5.91 Å². The molecule has 2 aromatic rings. The second-order valence-corrected chi connectivity index (χ2v) is 5.96. The summed E-state index contributed by atoms with van der Waals surface area (Å²) in [5.74, 6) is 1.22. The number of rotatable bonds is 5. The van der Waals surface area contributed by atoms with E-state index < -0.39 is 0 Å². The van der Waals surface area contributed by atoms with Gasteiger partial charge < -0.3 is 9.88 Å². The highest BCUT2D eigenvalue weighted by molar-refractivity contribution is 5.76. The molecule has 1 aliphatic rings. The number of amides is 1. The number of hydrogen-bond acceptors (Lipinski definition) is 2. The zero-order valence-corrected chi connectivity index (χ0v) is 13.1. The second kappa shape index (κ2) is 6.77. The molecule has 1 atom stereocenters. The molecule has 1 aromatic heterocycles. The van der Waals surface area contributed by atoms with Crippen LogP contribution in [0.2, 0.25) is 0 Å². The molecule has 0 radical (unpaired) electrons. The van der Waals surface area contributed by atoms with Gasteiger partial charge in [0.2, 0.25) is 5.91 Å². The van der Waals surface area contributed by atoms with Crippen LogP contribution in [0.1, 0.15) is 36.7 Å². The first-order chi connectivity index (χ1) is 10.7. The van der Waals surface area contributed by atoms with Gasteiger partial charge in [-0.1, -0.05) is 31.2 Å². The number of hydrogen-bond donors (Lipinski definition) is 1. The molecule has 1 aromatic carbocycles. The van der Waals surface area contributed by atoms with Crippen molar-refractivity contribution in [3.63, 3.8) is 0 Å². The minimum Gasteiger partial charge on any atom is -0.353 e. The minimum atomic E-state index is 0.143. The molecule has 1 unspecified atom stereocenters. The van der Waals surface area contributed by atoms with E-state index in [1.165, 1.54) is 11.1 Å². The summed E-state index contributed by atoms with van der Waals surface area (Å²) in [6, 6.07) is 8.78.